The molecule has 2 aromatic carbocycles. The monoisotopic (exact) mass is 361 g/mol. The van der Waals surface area contributed by atoms with Crippen LogP contribution in [-0.2, 0) is 6.42 Å². The van der Waals surface area contributed by atoms with Crippen LogP contribution >= 0.6 is 0 Å². The minimum Gasteiger partial charge on any atom is -0.422 e. The molecule has 0 N–H and O–H groups in total. The minimum absolute atomic E-state index is 0.136. The first-order chi connectivity index (χ1) is 13.2. The highest BCUT2D eigenvalue weighted by Crippen LogP contribution is 2.24. The SMILES string of the molecule is O=C(c1cc2ccccc2oc1=O)N1CCC(CCc2ccccc2)CC1. The molecule has 4 rings (SSSR count). The molecule has 1 aliphatic rings. The molecular weight excluding hydrogens is 338 g/mol. The maximum atomic E-state index is 12.8. The number of rotatable bonds is 4. The second kappa shape index (κ2) is 7.78. The normalized spacial score (nSPS) is 15.2. The van der Waals surface area contributed by atoms with Gasteiger partial charge in [0.25, 0.3) is 5.91 Å². The lowest BCUT2D eigenvalue weighted by atomic mass is 9.90. The van der Waals surface area contributed by atoms with Crippen molar-refractivity contribution in [1.29, 1.82) is 0 Å². The number of hydrogen-bond acceptors (Lipinski definition) is 3. The Kier molecular flexibility index (Phi) is 5.05. The number of carbonyl (C=O) groups excluding carboxylic acids is 1. The first-order valence-electron chi connectivity index (χ1n) is 9.57. The van der Waals surface area contributed by atoms with Gasteiger partial charge in [0.2, 0.25) is 0 Å². The van der Waals surface area contributed by atoms with Gasteiger partial charge in [-0.25, -0.2) is 4.79 Å². The third kappa shape index (κ3) is 3.95. The number of fused-ring (bicyclic) bond motifs is 1. The van der Waals surface area contributed by atoms with E-state index in [-0.39, 0.29) is 11.5 Å². The van der Waals surface area contributed by atoms with Gasteiger partial charge in [-0.15, -0.1) is 0 Å². The molecule has 27 heavy (non-hydrogen) atoms. The number of para-hydroxylation sites is 1. The molecule has 1 fully saturated rings. The van der Waals surface area contributed by atoms with Crippen LogP contribution in [0.5, 0.6) is 0 Å². The Morgan fingerprint density at radius 2 is 1.70 bits per heavy atom. The van der Waals surface area contributed by atoms with Crippen LogP contribution in [0, 0.1) is 5.92 Å². The lowest BCUT2D eigenvalue weighted by Gasteiger charge is -2.32. The van der Waals surface area contributed by atoms with Crippen molar-refractivity contribution >= 4 is 16.9 Å². The van der Waals surface area contributed by atoms with E-state index in [4.69, 9.17) is 4.42 Å². The van der Waals surface area contributed by atoms with Gasteiger partial charge in [-0.3, -0.25) is 4.79 Å². The highest BCUT2D eigenvalue weighted by molar-refractivity contribution is 5.96. The summed E-state index contributed by atoms with van der Waals surface area (Å²) in [4.78, 5) is 26.8. The summed E-state index contributed by atoms with van der Waals surface area (Å²) < 4.78 is 5.31. The lowest BCUT2D eigenvalue weighted by molar-refractivity contribution is 0.0683. The van der Waals surface area contributed by atoms with E-state index in [1.165, 1.54) is 5.56 Å². The maximum Gasteiger partial charge on any atom is 0.349 e. The summed E-state index contributed by atoms with van der Waals surface area (Å²) in [7, 11) is 0. The van der Waals surface area contributed by atoms with Crippen molar-refractivity contribution in [3.05, 3.63) is 82.2 Å². The van der Waals surface area contributed by atoms with Crippen molar-refractivity contribution < 1.29 is 9.21 Å². The molecule has 0 radical (unpaired) electrons. The third-order valence-corrected chi connectivity index (χ3v) is 5.46. The van der Waals surface area contributed by atoms with Crippen molar-refractivity contribution in [2.45, 2.75) is 25.7 Å². The van der Waals surface area contributed by atoms with E-state index >= 15 is 0 Å². The Hall–Kier alpha value is -2.88. The molecular formula is C23H23NO3. The van der Waals surface area contributed by atoms with Crippen LogP contribution in [0.15, 0.2) is 69.9 Å². The van der Waals surface area contributed by atoms with E-state index in [1.54, 1.807) is 17.0 Å². The van der Waals surface area contributed by atoms with Crippen LogP contribution < -0.4 is 5.63 Å². The van der Waals surface area contributed by atoms with Gasteiger partial charge < -0.3 is 9.32 Å². The number of aryl methyl sites for hydroxylation is 1. The Balaban J connectivity index is 1.39. The van der Waals surface area contributed by atoms with Crippen LogP contribution in [0.25, 0.3) is 11.0 Å². The summed E-state index contributed by atoms with van der Waals surface area (Å²) in [6.07, 6.45) is 4.19. The van der Waals surface area contributed by atoms with Gasteiger partial charge in [0, 0.05) is 18.5 Å². The molecule has 0 aliphatic carbocycles. The Morgan fingerprint density at radius 1 is 1.00 bits per heavy atom. The third-order valence-electron chi connectivity index (χ3n) is 5.46. The Bertz CT molecular complexity index is 985. The molecule has 138 valence electrons. The van der Waals surface area contributed by atoms with Crippen molar-refractivity contribution in [2.24, 2.45) is 5.92 Å². The average molecular weight is 361 g/mol. The molecule has 2 heterocycles. The van der Waals surface area contributed by atoms with E-state index in [0.29, 0.717) is 24.6 Å². The number of piperidine rings is 1. The second-order valence-corrected chi connectivity index (χ2v) is 7.25. The molecule has 1 aromatic heterocycles. The van der Waals surface area contributed by atoms with Gasteiger partial charge in [-0.2, -0.15) is 0 Å². The number of nitrogens with zero attached hydrogens (tertiary/aromatic N) is 1. The molecule has 1 saturated heterocycles. The topological polar surface area (TPSA) is 50.5 Å². The molecule has 0 spiro atoms. The van der Waals surface area contributed by atoms with Gasteiger partial charge in [0.1, 0.15) is 11.1 Å². The van der Waals surface area contributed by atoms with Gasteiger partial charge >= 0.3 is 5.63 Å². The number of likely N-dealkylation sites (tertiary alicyclic amines) is 1. The predicted octanol–water partition coefficient (Wildman–Crippen LogP) is 4.28. The van der Waals surface area contributed by atoms with Gasteiger partial charge in [-0.05, 0) is 49.3 Å². The minimum atomic E-state index is -0.551. The zero-order valence-electron chi connectivity index (χ0n) is 15.3. The van der Waals surface area contributed by atoms with Crippen molar-refractivity contribution in [1.82, 2.24) is 4.90 Å². The van der Waals surface area contributed by atoms with Crippen LogP contribution in [0.4, 0.5) is 0 Å². The molecule has 1 amide bonds. The average Bonchev–Trinajstić information content (AvgIpc) is 2.72. The number of benzene rings is 2. The first kappa shape index (κ1) is 17.5. The van der Waals surface area contributed by atoms with Crippen LogP contribution in [-0.4, -0.2) is 23.9 Å². The summed E-state index contributed by atoms with van der Waals surface area (Å²) in [5.74, 6) is 0.415. The zero-order chi connectivity index (χ0) is 18.6. The molecule has 4 heteroatoms. The summed E-state index contributed by atoms with van der Waals surface area (Å²) in [6, 6.07) is 19.4. The largest absolute Gasteiger partial charge is 0.422 e. The lowest BCUT2D eigenvalue weighted by Crippen LogP contribution is -2.40. The quantitative estimate of drug-likeness (QED) is 0.652. The van der Waals surface area contributed by atoms with Gasteiger partial charge in [-0.1, -0.05) is 48.5 Å². The molecule has 4 nitrogen and oxygen atoms in total. The van der Waals surface area contributed by atoms with Crippen LogP contribution in [0.3, 0.4) is 0 Å². The van der Waals surface area contributed by atoms with Crippen molar-refractivity contribution in [3.63, 3.8) is 0 Å². The van der Waals surface area contributed by atoms with E-state index in [9.17, 15) is 9.59 Å². The van der Waals surface area contributed by atoms with Crippen LogP contribution in [0.1, 0.15) is 35.2 Å². The summed E-state index contributed by atoms with van der Waals surface area (Å²) in [5.41, 5.74) is 1.46. The standard InChI is InChI=1S/C23H23NO3/c25-22(20-16-19-8-4-5-9-21(19)27-23(20)26)24-14-12-18(13-15-24)11-10-17-6-2-1-3-7-17/h1-9,16,18H,10-15H2. The molecule has 0 unspecified atom stereocenters. The molecule has 0 bridgehead atoms. The fraction of sp³-hybridized carbons (Fsp3) is 0.304. The molecule has 0 atom stereocenters. The fourth-order valence-corrected chi connectivity index (χ4v) is 3.82. The summed E-state index contributed by atoms with van der Waals surface area (Å²) >= 11 is 0. The fourth-order valence-electron chi connectivity index (χ4n) is 3.82. The van der Waals surface area contributed by atoms with Gasteiger partial charge in [0.15, 0.2) is 0 Å². The number of carbonyl (C=O) groups is 1. The number of hydrogen-bond donors (Lipinski definition) is 0. The summed E-state index contributed by atoms with van der Waals surface area (Å²) in [5, 5.41) is 0.776. The molecule has 0 saturated carbocycles. The smallest absolute Gasteiger partial charge is 0.349 e. The molecule has 3 aromatic rings. The highest BCUT2D eigenvalue weighted by Gasteiger charge is 2.25. The van der Waals surface area contributed by atoms with Crippen molar-refractivity contribution in [2.75, 3.05) is 13.1 Å². The highest BCUT2D eigenvalue weighted by atomic mass is 16.4. The van der Waals surface area contributed by atoms with E-state index in [2.05, 4.69) is 24.3 Å². The van der Waals surface area contributed by atoms with E-state index in [0.717, 1.165) is 31.1 Å². The number of amides is 1. The zero-order valence-corrected chi connectivity index (χ0v) is 15.3. The Morgan fingerprint density at radius 3 is 2.48 bits per heavy atom. The molecule has 1 aliphatic heterocycles. The van der Waals surface area contributed by atoms with Crippen molar-refractivity contribution in [3.8, 4) is 0 Å². The first-order valence-corrected chi connectivity index (χ1v) is 9.57. The Labute approximate surface area is 158 Å². The van der Waals surface area contributed by atoms with Gasteiger partial charge in [0.05, 0.1) is 0 Å². The van der Waals surface area contributed by atoms with Crippen LogP contribution in [0.2, 0.25) is 0 Å². The predicted molar refractivity (Wildman–Crippen MR) is 106 cm³/mol. The maximum absolute atomic E-state index is 12.8. The van der Waals surface area contributed by atoms with E-state index < -0.39 is 5.63 Å². The second-order valence-electron chi connectivity index (χ2n) is 7.25. The van der Waals surface area contributed by atoms with E-state index in [1.807, 2.05) is 24.3 Å². The summed E-state index contributed by atoms with van der Waals surface area (Å²) in [6.45, 7) is 1.40.